The maximum Gasteiger partial charge on any atom is 0.305 e. The Hall–Kier alpha value is -2.12. The zero-order valence-corrected chi connectivity index (χ0v) is 16.7. The number of carbonyl (C=O) groups excluding carboxylic acids is 2. The molecule has 0 aromatic heterocycles. The van der Waals surface area contributed by atoms with Crippen molar-refractivity contribution >= 4 is 23.9 Å². The first-order valence-corrected chi connectivity index (χ1v) is 10.2. The van der Waals surface area contributed by atoms with Crippen molar-refractivity contribution in [2.45, 2.75) is 89.9 Å². The molecule has 1 aliphatic rings. The number of carboxylic acid groups (broad SMARTS) is 2. The number of carbonyl (C=O) groups is 4. The molecule has 1 heterocycles. The van der Waals surface area contributed by atoms with Gasteiger partial charge in [0.15, 0.2) is 0 Å². The van der Waals surface area contributed by atoms with Crippen molar-refractivity contribution in [3.05, 3.63) is 0 Å². The van der Waals surface area contributed by atoms with Crippen LogP contribution in [0.5, 0.6) is 0 Å². The van der Waals surface area contributed by atoms with Gasteiger partial charge in [-0.2, -0.15) is 0 Å². The van der Waals surface area contributed by atoms with Gasteiger partial charge in [0, 0.05) is 25.7 Å². The number of hydrogen-bond acceptors (Lipinski definition) is 6. The van der Waals surface area contributed by atoms with E-state index in [4.69, 9.17) is 19.7 Å². The Labute approximate surface area is 166 Å². The third kappa shape index (κ3) is 20.2. The predicted molar refractivity (Wildman–Crippen MR) is 102 cm³/mol. The maximum absolute atomic E-state index is 11.0. The molecule has 0 aromatic carbocycles. The Balaban J connectivity index is 0.000000521. The molecule has 1 aliphatic heterocycles. The topological polar surface area (TPSA) is 127 Å². The molecular formula is C20H34O8. The van der Waals surface area contributed by atoms with Gasteiger partial charge in [0.25, 0.3) is 0 Å². The highest BCUT2D eigenvalue weighted by Gasteiger charge is 2.07. The number of carboxylic acids is 2. The lowest BCUT2D eigenvalue weighted by molar-refractivity contribution is -0.147. The molecule has 0 atom stereocenters. The fourth-order valence-electron chi connectivity index (χ4n) is 2.52. The largest absolute Gasteiger partial charge is 0.481 e. The summed E-state index contributed by atoms with van der Waals surface area (Å²) in [5.74, 6) is -1.79. The normalized spacial score (nSPS) is 15.7. The Kier molecular flexibility index (Phi) is 16.9. The number of esters is 2. The molecule has 0 bridgehead atoms. The van der Waals surface area contributed by atoms with Crippen molar-refractivity contribution in [1.82, 2.24) is 0 Å². The first-order valence-electron chi connectivity index (χ1n) is 10.2. The Bertz CT molecular complexity index is 419. The van der Waals surface area contributed by atoms with Gasteiger partial charge in [-0.25, -0.2) is 0 Å². The number of aliphatic carboxylic acids is 2. The minimum Gasteiger partial charge on any atom is -0.481 e. The SMILES string of the molecule is O=C(O)CCCCCCCCC(=O)O.O=C1CCCCC(=O)OCCCCO1. The van der Waals surface area contributed by atoms with Gasteiger partial charge in [-0.15, -0.1) is 0 Å². The minimum absolute atomic E-state index is 0.154. The van der Waals surface area contributed by atoms with Crippen molar-refractivity contribution in [3.63, 3.8) is 0 Å². The zero-order chi connectivity index (χ0) is 21.0. The van der Waals surface area contributed by atoms with E-state index in [0.717, 1.165) is 51.4 Å². The number of unbranched alkanes of at least 4 members (excludes halogenated alkanes) is 5. The van der Waals surface area contributed by atoms with Crippen molar-refractivity contribution < 1.29 is 38.9 Å². The highest BCUT2D eigenvalue weighted by Crippen LogP contribution is 2.08. The molecule has 0 aromatic rings. The van der Waals surface area contributed by atoms with E-state index in [-0.39, 0.29) is 24.8 Å². The first kappa shape index (κ1) is 25.9. The van der Waals surface area contributed by atoms with E-state index in [0.29, 0.717) is 38.9 Å². The van der Waals surface area contributed by atoms with E-state index in [9.17, 15) is 19.2 Å². The third-order valence-corrected chi connectivity index (χ3v) is 4.11. The van der Waals surface area contributed by atoms with Crippen LogP contribution in [0.4, 0.5) is 0 Å². The molecule has 0 spiro atoms. The van der Waals surface area contributed by atoms with E-state index in [1.165, 1.54) is 0 Å². The van der Waals surface area contributed by atoms with E-state index in [1.54, 1.807) is 0 Å². The van der Waals surface area contributed by atoms with Gasteiger partial charge in [0.05, 0.1) is 13.2 Å². The Morgan fingerprint density at radius 2 is 1.00 bits per heavy atom. The number of rotatable bonds is 9. The summed E-state index contributed by atoms with van der Waals surface area (Å²) >= 11 is 0. The van der Waals surface area contributed by atoms with Crippen LogP contribution in [0.2, 0.25) is 0 Å². The zero-order valence-electron chi connectivity index (χ0n) is 16.7. The lowest BCUT2D eigenvalue weighted by Crippen LogP contribution is -2.11. The van der Waals surface area contributed by atoms with Crippen LogP contribution in [0.25, 0.3) is 0 Å². The molecule has 28 heavy (non-hydrogen) atoms. The predicted octanol–water partition coefficient (Wildman–Crippen LogP) is 3.70. The summed E-state index contributed by atoms with van der Waals surface area (Å²) in [6.07, 6.45) is 9.58. The lowest BCUT2D eigenvalue weighted by Gasteiger charge is -2.08. The summed E-state index contributed by atoms with van der Waals surface area (Å²) < 4.78 is 9.92. The second-order valence-electron chi connectivity index (χ2n) is 6.76. The van der Waals surface area contributed by atoms with E-state index in [1.807, 2.05) is 0 Å². The summed E-state index contributed by atoms with van der Waals surface area (Å²) in [6.45, 7) is 0.882. The highest BCUT2D eigenvalue weighted by atomic mass is 16.5. The van der Waals surface area contributed by atoms with E-state index in [2.05, 4.69) is 0 Å². The average Bonchev–Trinajstić information content (AvgIpc) is 2.63. The molecule has 2 N–H and O–H groups in total. The van der Waals surface area contributed by atoms with E-state index < -0.39 is 11.9 Å². The smallest absolute Gasteiger partial charge is 0.305 e. The monoisotopic (exact) mass is 402 g/mol. The maximum atomic E-state index is 11.0. The summed E-state index contributed by atoms with van der Waals surface area (Å²) in [7, 11) is 0. The fourth-order valence-corrected chi connectivity index (χ4v) is 2.52. The number of cyclic esters (lactones) is 2. The van der Waals surface area contributed by atoms with Crippen LogP contribution >= 0.6 is 0 Å². The third-order valence-electron chi connectivity index (χ3n) is 4.11. The van der Waals surface area contributed by atoms with Crippen LogP contribution in [0.1, 0.15) is 89.9 Å². The molecule has 8 nitrogen and oxygen atoms in total. The van der Waals surface area contributed by atoms with E-state index >= 15 is 0 Å². The standard InChI is InChI=1S/C10H16O4.C10H18O4/c11-9-5-1-2-6-10(12)14-8-4-3-7-13-9;11-9(12)7-5-3-1-2-4-6-8-10(13)14/h1-8H2;1-8H2,(H,11,12)(H,13,14). The van der Waals surface area contributed by atoms with Crippen LogP contribution in [-0.4, -0.2) is 47.3 Å². The molecule has 1 rings (SSSR count). The second-order valence-corrected chi connectivity index (χ2v) is 6.76. The van der Waals surface area contributed by atoms with Gasteiger partial charge in [0.2, 0.25) is 0 Å². The molecular weight excluding hydrogens is 368 g/mol. The van der Waals surface area contributed by atoms with Gasteiger partial charge >= 0.3 is 23.9 Å². The van der Waals surface area contributed by atoms with Crippen molar-refractivity contribution in [1.29, 1.82) is 0 Å². The average molecular weight is 402 g/mol. The van der Waals surface area contributed by atoms with Crippen LogP contribution in [-0.2, 0) is 28.7 Å². The van der Waals surface area contributed by atoms with Crippen molar-refractivity contribution in [2.75, 3.05) is 13.2 Å². The summed E-state index contributed by atoms with van der Waals surface area (Å²) in [4.78, 5) is 42.4. The van der Waals surface area contributed by atoms with Crippen molar-refractivity contribution in [3.8, 4) is 0 Å². The van der Waals surface area contributed by atoms with Gasteiger partial charge in [-0.1, -0.05) is 25.7 Å². The molecule has 0 aliphatic carbocycles. The lowest BCUT2D eigenvalue weighted by atomic mass is 10.1. The summed E-state index contributed by atoms with van der Waals surface area (Å²) in [5.41, 5.74) is 0. The van der Waals surface area contributed by atoms with Crippen LogP contribution in [0.15, 0.2) is 0 Å². The van der Waals surface area contributed by atoms with Gasteiger partial charge in [-0.05, 0) is 38.5 Å². The van der Waals surface area contributed by atoms with Gasteiger partial charge < -0.3 is 19.7 Å². The molecule has 0 saturated carbocycles. The minimum atomic E-state index is -0.740. The molecule has 162 valence electrons. The quantitative estimate of drug-likeness (QED) is 0.441. The second kappa shape index (κ2) is 18.3. The van der Waals surface area contributed by atoms with Crippen LogP contribution in [0, 0.1) is 0 Å². The number of ether oxygens (including phenoxy) is 2. The summed E-state index contributed by atoms with van der Waals surface area (Å²) in [5, 5.41) is 16.7. The van der Waals surface area contributed by atoms with Gasteiger partial charge in [0.1, 0.15) is 0 Å². The molecule has 0 amide bonds. The van der Waals surface area contributed by atoms with Crippen LogP contribution in [0.3, 0.4) is 0 Å². The molecule has 0 unspecified atom stereocenters. The molecule has 0 radical (unpaired) electrons. The Morgan fingerprint density at radius 1 is 0.643 bits per heavy atom. The number of hydrogen-bond donors (Lipinski definition) is 2. The Morgan fingerprint density at radius 3 is 1.36 bits per heavy atom. The molecule has 1 saturated heterocycles. The van der Waals surface area contributed by atoms with Gasteiger partial charge in [-0.3, -0.25) is 19.2 Å². The molecule has 8 heteroatoms. The fraction of sp³-hybridized carbons (Fsp3) is 0.800. The highest BCUT2D eigenvalue weighted by molar-refractivity contribution is 5.70. The first-order chi connectivity index (χ1) is 13.4. The molecule has 1 fully saturated rings. The van der Waals surface area contributed by atoms with Crippen LogP contribution < -0.4 is 0 Å². The summed E-state index contributed by atoms with van der Waals surface area (Å²) in [6, 6.07) is 0. The van der Waals surface area contributed by atoms with Crippen molar-refractivity contribution in [2.24, 2.45) is 0 Å².